The van der Waals surface area contributed by atoms with Crippen LogP contribution < -0.4 is 5.73 Å². The summed E-state index contributed by atoms with van der Waals surface area (Å²) in [7, 11) is 0. The molecule has 2 N–H and O–H groups in total. The van der Waals surface area contributed by atoms with Crippen LogP contribution in [0.15, 0.2) is 35.0 Å². The predicted octanol–water partition coefficient (Wildman–Crippen LogP) is 4.34. The second kappa shape index (κ2) is 5.52. The number of aromatic nitrogens is 3. The Labute approximate surface area is 134 Å². The molecule has 0 saturated carbocycles. The van der Waals surface area contributed by atoms with Gasteiger partial charge in [-0.05, 0) is 18.2 Å². The molecule has 21 heavy (non-hydrogen) atoms. The highest BCUT2D eigenvalue weighted by molar-refractivity contribution is 6.36. The van der Waals surface area contributed by atoms with Gasteiger partial charge in [-0.25, -0.2) is 4.98 Å². The maximum Gasteiger partial charge on any atom is 0.261 e. The van der Waals surface area contributed by atoms with Crippen molar-refractivity contribution in [2.24, 2.45) is 0 Å². The molecule has 0 aliphatic carbocycles. The molecule has 0 radical (unpaired) electrons. The van der Waals surface area contributed by atoms with E-state index in [9.17, 15) is 0 Å². The molecule has 106 valence electrons. The van der Waals surface area contributed by atoms with Crippen LogP contribution in [0.3, 0.4) is 0 Å². The predicted molar refractivity (Wildman–Crippen MR) is 82.4 cm³/mol. The third kappa shape index (κ3) is 2.68. The van der Waals surface area contributed by atoms with Crippen LogP contribution in [0.2, 0.25) is 15.1 Å². The van der Waals surface area contributed by atoms with Crippen molar-refractivity contribution in [3.8, 4) is 23.0 Å². The Morgan fingerprint density at radius 2 is 1.90 bits per heavy atom. The molecule has 0 spiro atoms. The van der Waals surface area contributed by atoms with Crippen LogP contribution in [0.4, 0.5) is 5.69 Å². The normalized spacial score (nSPS) is 10.8. The van der Waals surface area contributed by atoms with Gasteiger partial charge < -0.3 is 10.3 Å². The van der Waals surface area contributed by atoms with Gasteiger partial charge in [0.1, 0.15) is 5.69 Å². The standard InChI is InChI=1S/C13H7Cl3N4O/c14-6-4-8(16)11(18-5-6)12-19-13(21-20-12)10-7(15)2-1-3-9(10)17/h1-5H,17H2. The van der Waals surface area contributed by atoms with Crippen molar-refractivity contribution in [1.29, 1.82) is 0 Å². The summed E-state index contributed by atoms with van der Waals surface area (Å²) in [5.74, 6) is 0.423. The maximum atomic E-state index is 6.10. The lowest BCUT2D eigenvalue weighted by atomic mass is 10.2. The Balaban J connectivity index is 2.08. The quantitative estimate of drug-likeness (QED) is 0.701. The fourth-order valence-corrected chi connectivity index (χ4v) is 2.49. The van der Waals surface area contributed by atoms with Crippen LogP contribution in [-0.2, 0) is 0 Å². The molecular weight excluding hydrogens is 335 g/mol. The fourth-order valence-electron chi connectivity index (χ4n) is 1.77. The van der Waals surface area contributed by atoms with E-state index in [1.807, 2.05) is 0 Å². The van der Waals surface area contributed by atoms with E-state index in [1.54, 1.807) is 24.3 Å². The Kier molecular flexibility index (Phi) is 3.71. The van der Waals surface area contributed by atoms with Gasteiger partial charge in [0, 0.05) is 11.9 Å². The van der Waals surface area contributed by atoms with Gasteiger partial charge >= 0.3 is 0 Å². The van der Waals surface area contributed by atoms with Crippen molar-refractivity contribution in [3.05, 3.63) is 45.5 Å². The molecule has 2 heterocycles. The average molecular weight is 342 g/mol. The molecule has 0 unspecified atom stereocenters. The summed E-state index contributed by atoms with van der Waals surface area (Å²) in [6.45, 7) is 0. The van der Waals surface area contributed by atoms with E-state index in [1.165, 1.54) is 6.20 Å². The van der Waals surface area contributed by atoms with Gasteiger partial charge in [0.15, 0.2) is 0 Å². The second-order valence-corrected chi connectivity index (χ2v) is 5.36. The Morgan fingerprint density at radius 3 is 2.62 bits per heavy atom. The van der Waals surface area contributed by atoms with Gasteiger partial charge in [-0.3, -0.25) is 0 Å². The van der Waals surface area contributed by atoms with Crippen molar-refractivity contribution in [2.75, 3.05) is 5.73 Å². The Morgan fingerprint density at radius 1 is 1.10 bits per heavy atom. The summed E-state index contributed by atoms with van der Waals surface area (Å²) in [5, 5.41) is 5.00. The average Bonchev–Trinajstić information content (AvgIpc) is 2.87. The molecule has 0 aliphatic heterocycles. The monoisotopic (exact) mass is 340 g/mol. The highest BCUT2D eigenvalue weighted by Crippen LogP contribution is 2.34. The van der Waals surface area contributed by atoms with E-state index in [0.29, 0.717) is 32.0 Å². The second-order valence-electron chi connectivity index (χ2n) is 4.11. The van der Waals surface area contributed by atoms with Gasteiger partial charge in [-0.1, -0.05) is 46.0 Å². The van der Waals surface area contributed by atoms with E-state index in [2.05, 4.69) is 15.1 Å². The number of hydrogen-bond donors (Lipinski definition) is 1. The summed E-state index contributed by atoms with van der Waals surface area (Å²) < 4.78 is 5.19. The number of hydrogen-bond acceptors (Lipinski definition) is 5. The highest BCUT2D eigenvalue weighted by atomic mass is 35.5. The topological polar surface area (TPSA) is 77.8 Å². The number of halogens is 3. The molecule has 3 aromatic rings. The summed E-state index contributed by atoms with van der Waals surface area (Å²) in [5.41, 5.74) is 7.16. The summed E-state index contributed by atoms with van der Waals surface area (Å²) in [6, 6.07) is 6.66. The number of pyridine rings is 1. The van der Waals surface area contributed by atoms with Gasteiger partial charge in [-0.2, -0.15) is 4.98 Å². The molecule has 0 bridgehead atoms. The molecule has 5 nitrogen and oxygen atoms in total. The Bertz CT molecular complexity index is 799. The maximum absolute atomic E-state index is 6.10. The highest BCUT2D eigenvalue weighted by Gasteiger charge is 2.18. The van der Waals surface area contributed by atoms with Crippen molar-refractivity contribution in [2.45, 2.75) is 0 Å². The molecule has 0 saturated heterocycles. The summed E-state index contributed by atoms with van der Waals surface area (Å²) in [6.07, 6.45) is 1.45. The zero-order valence-electron chi connectivity index (χ0n) is 10.3. The first-order chi connectivity index (χ1) is 10.1. The van der Waals surface area contributed by atoms with Crippen molar-refractivity contribution in [3.63, 3.8) is 0 Å². The van der Waals surface area contributed by atoms with E-state index < -0.39 is 0 Å². The SMILES string of the molecule is Nc1cccc(Cl)c1-c1nc(-c2ncc(Cl)cc2Cl)no1. The minimum Gasteiger partial charge on any atom is -0.398 e. The van der Waals surface area contributed by atoms with Gasteiger partial charge in [0.05, 0.1) is 20.6 Å². The van der Waals surface area contributed by atoms with Crippen molar-refractivity contribution in [1.82, 2.24) is 15.1 Å². The molecule has 3 rings (SSSR count). The van der Waals surface area contributed by atoms with Crippen LogP contribution in [-0.4, -0.2) is 15.1 Å². The first kappa shape index (κ1) is 14.1. The van der Waals surface area contributed by atoms with Crippen molar-refractivity contribution < 1.29 is 4.52 Å². The minimum absolute atomic E-state index is 0.195. The van der Waals surface area contributed by atoms with E-state index in [0.717, 1.165) is 0 Å². The lowest BCUT2D eigenvalue weighted by Crippen LogP contribution is -1.91. The van der Waals surface area contributed by atoms with Gasteiger partial charge in [-0.15, -0.1) is 0 Å². The number of nitrogen functional groups attached to an aromatic ring is 1. The molecule has 1 aromatic carbocycles. The summed E-state index contributed by atoms with van der Waals surface area (Å²) >= 11 is 18.0. The molecule has 2 aromatic heterocycles. The first-order valence-electron chi connectivity index (χ1n) is 5.75. The third-order valence-electron chi connectivity index (χ3n) is 2.71. The first-order valence-corrected chi connectivity index (χ1v) is 6.89. The zero-order chi connectivity index (χ0) is 15.0. The van der Waals surface area contributed by atoms with E-state index in [4.69, 9.17) is 45.1 Å². The lowest BCUT2D eigenvalue weighted by molar-refractivity contribution is 0.432. The largest absolute Gasteiger partial charge is 0.398 e. The van der Waals surface area contributed by atoms with Crippen LogP contribution in [0.1, 0.15) is 0 Å². The van der Waals surface area contributed by atoms with Crippen molar-refractivity contribution >= 4 is 40.5 Å². The lowest BCUT2D eigenvalue weighted by Gasteiger charge is -2.02. The number of nitrogens with zero attached hydrogens (tertiary/aromatic N) is 3. The molecule has 0 fully saturated rings. The third-order valence-corrected chi connectivity index (χ3v) is 3.52. The van der Waals surface area contributed by atoms with Crippen LogP contribution in [0.5, 0.6) is 0 Å². The number of benzene rings is 1. The smallest absolute Gasteiger partial charge is 0.261 e. The minimum atomic E-state index is 0.195. The molecule has 0 atom stereocenters. The Hall–Kier alpha value is -1.82. The molecule has 8 heteroatoms. The van der Waals surface area contributed by atoms with E-state index in [-0.39, 0.29) is 11.7 Å². The van der Waals surface area contributed by atoms with Crippen LogP contribution >= 0.6 is 34.8 Å². The molecule has 0 amide bonds. The van der Waals surface area contributed by atoms with Crippen LogP contribution in [0, 0.1) is 0 Å². The molecular formula is C13H7Cl3N4O. The van der Waals surface area contributed by atoms with Gasteiger partial charge in [0.2, 0.25) is 5.82 Å². The zero-order valence-corrected chi connectivity index (χ0v) is 12.6. The molecule has 0 aliphatic rings. The van der Waals surface area contributed by atoms with Crippen LogP contribution in [0.25, 0.3) is 23.0 Å². The number of anilines is 1. The fraction of sp³-hybridized carbons (Fsp3) is 0. The summed E-state index contributed by atoms with van der Waals surface area (Å²) in [4.78, 5) is 8.32. The number of nitrogens with two attached hydrogens (primary N) is 1. The van der Waals surface area contributed by atoms with E-state index >= 15 is 0 Å². The number of rotatable bonds is 2. The van der Waals surface area contributed by atoms with Gasteiger partial charge in [0.25, 0.3) is 5.89 Å².